The Hall–Kier alpha value is -3.92. The summed E-state index contributed by atoms with van der Waals surface area (Å²) in [4.78, 5) is 42.0. The normalized spacial score (nSPS) is 15.6. The minimum atomic E-state index is -1.13. The minimum absolute atomic E-state index is 0.0235. The van der Waals surface area contributed by atoms with Crippen LogP contribution in [-0.4, -0.2) is 36.1 Å². The molecule has 0 bridgehead atoms. The Morgan fingerprint density at radius 3 is 2.54 bits per heavy atom. The fourth-order valence-corrected chi connectivity index (χ4v) is 4.20. The van der Waals surface area contributed by atoms with Gasteiger partial charge in [-0.3, -0.25) is 9.36 Å². The summed E-state index contributed by atoms with van der Waals surface area (Å²) in [7, 11) is 0. The van der Waals surface area contributed by atoms with Crippen LogP contribution in [0, 0.1) is 5.92 Å². The molecule has 2 aromatic carbocycles. The van der Waals surface area contributed by atoms with Gasteiger partial charge in [-0.05, 0) is 62.1 Å². The quantitative estimate of drug-likeness (QED) is 0.336. The molecule has 0 fully saturated rings. The third-order valence-electron chi connectivity index (χ3n) is 6.30. The molecular weight excluding hydrogens is 474 g/mol. The van der Waals surface area contributed by atoms with Gasteiger partial charge in [0, 0.05) is 16.3 Å². The third-order valence-corrected chi connectivity index (χ3v) is 6.55. The fraction of sp³-hybridized carbons (Fsp3) is 0.292. The Balaban J connectivity index is 1.80. The zero-order valence-electron chi connectivity index (χ0n) is 19.1. The number of aromatic nitrogens is 3. The first kappa shape index (κ1) is 24.2. The van der Waals surface area contributed by atoms with E-state index in [2.05, 4.69) is 15.5 Å². The molecule has 2 atom stereocenters. The number of carboxylic acids is 1. The number of nitrogens with one attached hydrogen (secondary N) is 1. The lowest BCUT2D eigenvalue weighted by atomic mass is 10.0. The molecule has 1 heterocycles. The number of fused-ring (bicyclic) bond motifs is 1. The van der Waals surface area contributed by atoms with Crippen LogP contribution in [0.1, 0.15) is 43.0 Å². The Morgan fingerprint density at radius 1 is 1.17 bits per heavy atom. The van der Waals surface area contributed by atoms with Crippen molar-refractivity contribution in [3.05, 3.63) is 85.1 Å². The third kappa shape index (κ3) is 4.83. The predicted molar refractivity (Wildman–Crippen MR) is 131 cm³/mol. The van der Waals surface area contributed by atoms with E-state index in [4.69, 9.17) is 16.8 Å². The van der Waals surface area contributed by atoms with E-state index in [1.165, 1.54) is 18.4 Å². The monoisotopic (exact) mass is 497 g/mol. The number of aryl methyl sites for hydroxylation is 1. The maximum atomic E-state index is 13.5. The molecule has 0 amide bonds. The second kappa shape index (κ2) is 9.75. The van der Waals surface area contributed by atoms with Crippen LogP contribution in [0.2, 0.25) is 5.02 Å². The van der Waals surface area contributed by atoms with Crippen molar-refractivity contribution in [3.63, 3.8) is 0 Å². The summed E-state index contributed by atoms with van der Waals surface area (Å²) in [6, 6.07) is 11.4. The van der Waals surface area contributed by atoms with Gasteiger partial charge in [-0.15, -0.1) is 0 Å². The van der Waals surface area contributed by atoms with Crippen molar-refractivity contribution in [2.75, 3.05) is 5.32 Å². The van der Waals surface area contributed by atoms with E-state index in [0.29, 0.717) is 29.3 Å². The van der Waals surface area contributed by atoms with Crippen LogP contribution in [0.15, 0.2) is 57.2 Å². The molecule has 1 aliphatic rings. The number of oxime groups is 1. The summed E-state index contributed by atoms with van der Waals surface area (Å²) in [5.41, 5.74) is 2.23. The number of hydrogen-bond donors (Lipinski definition) is 3. The van der Waals surface area contributed by atoms with Gasteiger partial charge in [-0.25, -0.2) is 14.2 Å². The molecule has 4 rings (SSSR count). The van der Waals surface area contributed by atoms with E-state index < -0.39 is 29.3 Å². The Kier molecular flexibility index (Phi) is 6.74. The predicted octanol–water partition coefficient (Wildman–Crippen LogP) is 3.26. The Bertz CT molecular complexity index is 1430. The molecular formula is C24H24ClN5O5. The smallest absolute Gasteiger partial charge is 0.355 e. The lowest BCUT2D eigenvalue weighted by Gasteiger charge is -2.21. The highest BCUT2D eigenvalue weighted by Crippen LogP contribution is 2.27. The van der Waals surface area contributed by atoms with Gasteiger partial charge in [0.15, 0.2) is 0 Å². The summed E-state index contributed by atoms with van der Waals surface area (Å²) in [5.74, 6) is -2.08. The lowest BCUT2D eigenvalue weighted by Crippen LogP contribution is -2.46. The zero-order chi connectivity index (χ0) is 25.3. The van der Waals surface area contributed by atoms with Crippen LogP contribution in [0.4, 0.5) is 11.6 Å². The lowest BCUT2D eigenvalue weighted by molar-refractivity contribution is -0.142. The molecule has 0 radical (unpaired) electrons. The number of rotatable bonds is 7. The van der Waals surface area contributed by atoms with Gasteiger partial charge in [0.2, 0.25) is 5.95 Å². The summed E-state index contributed by atoms with van der Waals surface area (Å²) < 4.78 is 2.16. The van der Waals surface area contributed by atoms with E-state index in [-0.39, 0.29) is 12.5 Å². The number of carboxylic acid groups (broad SMARTS) is 1. The standard InChI is InChI=1S/C24H24ClN5O5/c1-13(21(31)32)14(2)30-23(33)27-22(29(24(30)34)12-15-3-6-17(25)7-4-15)26-18-8-9-19-16(11-18)5-10-20(19)28-35/h3-4,6-9,11,13-14,35H,5,10,12H2,1-2H3,(H,31,32)(H,26,27,33)/b28-20+/t13-,14+/m1/s1. The summed E-state index contributed by atoms with van der Waals surface area (Å²) in [6.45, 7) is 3.01. The summed E-state index contributed by atoms with van der Waals surface area (Å²) >= 11 is 5.99. The van der Waals surface area contributed by atoms with Crippen molar-refractivity contribution >= 4 is 34.9 Å². The van der Waals surface area contributed by atoms with Gasteiger partial charge in [0.25, 0.3) is 0 Å². The van der Waals surface area contributed by atoms with Gasteiger partial charge in [0.1, 0.15) is 0 Å². The average molecular weight is 498 g/mol. The number of hydrogen-bond acceptors (Lipinski definition) is 7. The van der Waals surface area contributed by atoms with Crippen LogP contribution in [-0.2, 0) is 17.8 Å². The van der Waals surface area contributed by atoms with Gasteiger partial charge < -0.3 is 15.6 Å². The van der Waals surface area contributed by atoms with E-state index >= 15 is 0 Å². The molecule has 1 aliphatic carbocycles. The number of nitrogens with zero attached hydrogens (tertiary/aromatic N) is 4. The van der Waals surface area contributed by atoms with E-state index in [0.717, 1.165) is 21.3 Å². The topological polar surface area (TPSA) is 139 Å². The van der Waals surface area contributed by atoms with E-state index in [9.17, 15) is 19.5 Å². The van der Waals surface area contributed by atoms with Crippen molar-refractivity contribution in [2.45, 2.75) is 39.3 Å². The molecule has 182 valence electrons. The van der Waals surface area contributed by atoms with Crippen molar-refractivity contribution < 1.29 is 15.1 Å². The number of anilines is 2. The maximum absolute atomic E-state index is 13.5. The molecule has 10 nitrogen and oxygen atoms in total. The number of carbonyl (C=O) groups is 1. The van der Waals surface area contributed by atoms with Crippen LogP contribution >= 0.6 is 11.6 Å². The minimum Gasteiger partial charge on any atom is -0.481 e. The molecule has 0 unspecified atom stereocenters. The molecule has 3 N–H and O–H groups in total. The van der Waals surface area contributed by atoms with Crippen molar-refractivity contribution in [1.82, 2.24) is 14.1 Å². The first-order valence-corrected chi connectivity index (χ1v) is 11.4. The van der Waals surface area contributed by atoms with Gasteiger partial charge >= 0.3 is 17.3 Å². The van der Waals surface area contributed by atoms with Crippen molar-refractivity contribution in [3.8, 4) is 0 Å². The van der Waals surface area contributed by atoms with Gasteiger partial charge in [-0.2, -0.15) is 4.98 Å². The zero-order valence-corrected chi connectivity index (χ0v) is 19.9. The second-order valence-electron chi connectivity index (χ2n) is 8.49. The highest BCUT2D eigenvalue weighted by Gasteiger charge is 2.26. The van der Waals surface area contributed by atoms with Crippen molar-refractivity contribution in [2.24, 2.45) is 11.1 Å². The molecule has 35 heavy (non-hydrogen) atoms. The first-order chi connectivity index (χ1) is 16.7. The second-order valence-corrected chi connectivity index (χ2v) is 8.93. The largest absolute Gasteiger partial charge is 0.481 e. The molecule has 0 aliphatic heterocycles. The average Bonchev–Trinajstić information content (AvgIpc) is 3.24. The number of aliphatic carboxylic acids is 1. The highest BCUT2D eigenvalue weighted by molar-refractivity contribution is 6.30. The van der Waals surface area contributed by atoms with Crippen LogP contribution in [0.5, 0.6) is 0 Å². The SMILES string of the molecule is C[C@@H](C(=O)O)[C@H](C)n1c(=O)nc(Nc2ccc3c(c2)CC/C3=N\O)n(Cc2ccc(Cl)cc2)c1=O. The van der Waals surface area contributed by atoms with Crippen LogP contribution in [0.3, 0.4) is 0 Å². The molecule has 0 saturated heterocycles. The fourth-order valence-electron chi connectivity index (χ4n) is 4.08. The summed E-state index contributed by atoms with van der Waals surface area (Å²) in [6.07, 6.45) is 1.31. The number of benzene rings is 2. The van der Waals surface area contributed by atoms with Crippen LogP contribution < -0.4 is 16.7 Å². The van der Waals surface area contributed by atoms with Crippen molar-refractivity contribution in [1.29, 1.82) is 0 Å². The van der Waals surface area contributed by atoms with Crippen LogP contribution in [0.25, 0.3) is 0 Å². The molecule has 3 aromatic rings. The maximum Gasteiger partial charge on any atom is 0.355 e. The van der Waals surface area contributed by atoms with Gasteiger partial charge in [0.05, 0.1) is 24.2 Å². The number of halogens is 1. The molecule has 1 aromatic heterocycles. The molecule has 11 heteroatoms. The van der Waals surface area contributed by atoms with Gasteiger partial charge in [-0.1, -0.05) is 35.0 Å². The highest BCUT2D eigenvalue weighted by atomic mass is 35.5. The summed E-state index contributed by atoms with van der Waals surface area (Å²) in [5, 5.41) is 25.5. The Labute approximate surface area is 205 Å². The molecule has 0 spiro atoms. The molecule has 0 saturated carbocycles. The van der Waals surface area contributed by atoms with E-state index in [1.54, 1.807) is 36.4 Å². The first-order valence-electron chi connectivity index (χ1n) is 11.0. The van der Waals surface area contributed by atoms with E-state index in [1.807, 2.05) is 6.07 Å². The Morgan fingerprint density at radius 2 is 1.89 bits per heavy atom.